The smallest absolute Gasteiger partial charge is 0.303 e. The normalized spacial score (nSPS) is 16.6. The summed E-state index contributed by atoms with van der Waals surface area (Å²) in [4.78, 5) is 26.0. The zero-order valence-corrected chi connectivity index (χ0v) is 16.3. The molecule has 28 heavy (non-hydrogen) atoms. The molecule has 0 saturated carbocycles. The lowest BCUT2D eigenvalue weighted by molar-refractivity contribution is -0.137. The van der Waals surface area contributed by atoms with Gasteiger partial charge in [0.05, 0.1) is 6.61 Å². The van der Waals surface area contributed by atoms with Gasteiger partial charge in [0.15, 0.2) is 0 Å². The number of carbonyl (C=O) groups is 2. The maximum Gasteiger partial charge on any atom is 0.303 e. The fraction of sp³-hybridized carbons (Fsp3) is 0.391. The minimum atomic E-state index is -0.812. The third-order valence-corrected chi connectivity index (χ3v) is 5.19. The lowest BCUT2D eigenvalue weighted by Gasteiger charge is -2.35. The Balaban J connectivity index is 1.84. The van der Waals surface area contributed by atoms with Gasteiger partial charge in [0, 0.05) is 30.1 Å². The number of hydrogen-bond donors (Lipinski definition) is 1. The summed E-state index contributed by atoms with van der Waals surface area (Å²) in [5, 5.41) is 9.00. The second-order valence-electron chi connectivity index (χ2n) is 7.09. The first-order valence-corrected chi connectivity index (χ1v) is 9.95. The van der Waals surface area contributed by atoms with Crippen LogP contribution in [0.5, 0.6) is 5.75 Å². The van der Waals surface area contributed by atoms with Crippen LogP contribution < -0.4 is 4.74 Å². The lowest BCUT2D eigenvalue weighted by Crippen LogP contribution is -2.44. The van der Waals surface area contributed by atoms with E-state index in [1.807, 2.05) is 60.4 Å². The Hall–Kier alpha value is -2.82. The Morgan fingerprint density at radius 2 is 1.96 bits per heavy atom. The van der Waals surface area contributed by atoms with E-state index in [4.69, 9.17) is 9.84 Å². The zero-order chi connectivity index (χ0) is 19.9. The average Bonchev–Trinajstić information content (AvgIpc) is 2.72. The van der Waals surface area contributed by atoms with E-state index >= 15 is 0 Å². The maximum atomic E-state index is 13.2. The molecule has 1 atom stereocenters. The summed E-state index contributed by atoms with van der Waals surface area (Å²) in [7, 11) is 0. The number of amides is 1. The van der Waals surface area contributed by atoms with Gasteiger partial charge >= 0.3 is 5.97 Å². The topological polar surface area (TPSA) is 66.8 Å². The van der Waals surface area contributed by atoms with Crippen molar-refractivity contribution >= 4 is 11.9 Å². The molecule has 0 spiro atoms. The van der Waals surface area contributed by atoms with E-state index in [9.17, 15) is 9.59 Å². The standard InChI is InChI=1S/C23H27NO4/c1-2-28-21-12-4-3-11-20(21)17-8-7-9-18(16-17)23(27)24-15-6-5-10-19(24)13-14-22(25)26/h3-4,7-9,11-12,16,19H,2,5-6,10,13-15H2,1H3,(H,25,26). The highest BCUT2D eigenvalue weighted by atomic mass is 16.5. The van der Waals surface area contributed by atoms with Gasteiger partial charge in [-0.15, -0.1) is 0 Å². The molecule has 3 rings (SSSR count). The van der Waals surface area contributed by atoms with Gasteiger partial charge in [0.2, 0.25) is 0 Å². The SMILES string of the molecule is CCOc1ccccc1-c1cccc(C(=O)N2CCCCC2CCC(=O)O)c1. The summed E-state index contributed by atoms with van der Waals surface area (Å²) in [5.41, 5.74) is 2.53. The molecule has 1 saturated heterocycles. The minimum Gasteiger partial charge on any atom is -0.493 e. The van der Waals surface area contributed by atoms with Crippen molar-refractivity contribution in [3.05, 3.63) is 54.1 Å². The molecule has 1 heterocycles. The summed E-state index contributed by atoms with van der Waals surface area (Å²) >= 11 is 0. The van der Waals surface area contributed by atoms with Crippen LogP contribution in [0.15, 0.2) is 48.5 Å². The van der Waals surface area contributed by atoms with Crippen LogP contribution in [0.2, 0.25) is 0 Å². The number of carboxylic acid groups (broad SMARTS) is 1. The zero-order valence-electron chi connectivity index (χ0n) is 16.3. The van der Waals surface area contributed by atoms with Gasteiger partial charge in [-0.1, -0.05) is 30.3 Å². The fourth-order valence-electron chi connectivity index (χ4n) is 3.83. The molecule has 0 radical (unpaired) electrons. The number of carboxylic acids is 1. The van der Waals surface area contributed by atoms with Crippen molar-refractivity contribution in [3.8, 4) is 16.9 Å². The molecule has 2 aromatic carbocycles. The summed E-state index contributed by atoms with van der Waals surface area (Å²) < 4.78 is 5.73. The van der Waals surface area contributed by atoms with Gasteiger partial charge < -0.3 is 14.7 Å². The molecule has 2 aromatic rings. The second kappa shape index (κ2) is 9.40. The summed E-state index contributed by atoms with van der Waals surface area (Å²) in [6.07, 6.45) is 3.47. The van der Waals surface area contributed by atoms with Crippen LogP contribution in [0, 0.1) is 0 Å². The summed E-state index contributed by atoms with van der Waals surface area (Å²) in [6, 6.07) is 15.4. The highest BCUT2D eigenvalue weighted by molar-refractivity contribution is 5.96. The molecule has 1 aliphatic rings. The van der Waals surface area contributed by atoms with Crippen molar-refractivity contribution in [2.45, 2.75) is 45.1 Å². The number of ether oxygens (including phenoxy) is 1. The molecule has 1 unspecified atom stereocenters. The molecule has 1 fully saturated rings. The van der Waals surface area contributed by atoms with E-state index < -0.39 is 5.97 Å². The minimum absolute atomic E-state index is 0.00304. The van der Waals surface area contributed by atoms with Crippen molar-refractivity contribution in [2.24, 2.45) is 0 Å². The number of carbonyl (C=O) groups excluding carboxylic acids is 1. The number of hydrogen-bond acceptors (Lipinski definition) is 3. The Labute approximate surface area is 165 Å². The number of benzene rings is 2. The second-order valence-corrected chi connectivity index (χ2v) is 7.09. The molecular formula is C23H27NO4. The van der Waals surface area contributed by atoms with E-state index in [1.165, 1.54) is 0 Å². The highest BCUT2D eigenvalue weighted by Gasteiger charge is 2.28. The molecule has 0 aliphatic carbocycles. The number of nitrogens with zero attached hydrogens (tertiary/aromatic N) is 1. The van der Waals surface area contributed by atoms with Crippen LogP contribution in [0.4, 0.5) is 0 Å². The number of piperidine rings is 1. The third-order valence-electron chi connectivity index (χ3n) is 5.19. The Morgan fingerprint density at radius 1 is 1.14 bits per heavy atom. The van der Waals surface area contributed by atoms with E-state index in [0.717, 1.165) is 36.1 Å². The van der Waals surface area contributed by atoms with Gasteiger partial charge in [0.1, 0.15) is 5.75 Å². The van der Waals surface area contributed by atoms with Crippen LogP contribution in [0.1, 0.15) is 49.4 Å². The van der Waals surface area contributed by atoms with Gasteiger partial charge in [-0.2, -0.15) is 0 Å². The molecule has 0 aromatic heterocycles. The Kier molecular flexibility index (Phi) is 6.69. The number of likely N-dealkylation sites (tertiary alicyclic amines) is 1. The van der Waals surface area contributed by atoms with Crippen molar-refractivity contribution in [3.63, 3.8) is 0 Å². The highest BCUT2D eigenvalue weighted by Crippen LogP contribution is 2.31. The largest absolute Gasteiger partial charge is 0.493 e. The predicted molar refractivity (Wildman–Crippen MR) is 109 cm³/mol. The van der Waals surface area contributed by atoms with Gasteiger partial charge in [0.25, 0.3) is 5.91 Å². The van der Waals surface area contributed by atoms with Crippen LogP contribution in [0.25, 0.3) is 11.1 Å². The van der Waals surface area contributed by atoms with Gasteiger partial charge in [-0.05, 0) is 56.4 Å². The van der Waals surface area contributed by atoms with Gasteiger partial charge in [-0.3, -0.25) is 9.59 Å². The Morgan fingerprint density at radius 3 is 2.75 bits per heavy atom. The number of aliphatic carboxylic acids is 1. The number of para-hydroxylation sites is 1. The van der Waals surface area contributed by atoms with Crippen molar-refractivity contribution in [2.75, 3.05) is 13.2 Å². The van der Waals surface area contributed by atoms with Crippen molar-refractivity contribution in [1.29, 1.82) is 0 Å². The van der Waals surface area contributed by atoms with E-state index in [-0.39, 0.29) is 18.4 Å². The summed E-state index contributed by atoms with van der Waals surface area (Å²) in [5.74, 6) is -0.0368. The molecule has 0 bridgehead atoms. The number of rotatable bonds is 7. The van der Waals surface area contributed by atoms with E-state index in [2.05, 4.69) is 0 Å². The molecule has 5 nitrogen and oxygen atoms in total. The predicted octanol–water partition coefficient (Wildman–Crippen LogP) is 4.61. The Bertz CT molecular complexity index is 833. The average molecular weight is 381 g/mol. The molecule has 5 heteroatoms. The van der Waals surface area contributed by atoms with Crippen LogP contribution in [-0.2, 0) is 4.79 Å². The van der Waals surface area contributed by atoms with Gasteiger partial charge in [-0.25, -0.2) is 0 Å². The van der Waals surface area contributed by atoms with E-state index in [1.54, 1.807) is 0 Å². The quantitative estimate of drug-likeness (QED) is 0.760. The lowest BCUT2D eigenvalue weighted by atomic mass is 9.96. The maximum absolute atomic E-state index is 13.2. The van der Waals surface area contributed by atoms with Crippen molar-refractivity contribution < 1.29 is 19.4 Å². The molecule has 1 N–H and O–H groups in total. The van der Waals surface area contributed by atoms with Crippen molar-refractivity contribution in [1.82, 2.24) is 4.90 Å². The first kappa shape index (κ1) is 19.9. The first-order chi connectivity index (χ1) is 13.6. The van der Waals surface area contributed by atoms with Crippen LogP contribution in [0.3, 0.4) is 0 Å². The fourth-order valence-corrected chi connectivity index (χ4v) is 3.83. The third kappa shape index (κ3) is 4.71. The van der Waals surface area contributed by atoms with Crippen LogP contribution in [-0.4, -0.2) is 41.1 Å². The molecular weight excluding hydrogens is 354 g/mol. The molecule has 1 aliphatic heterocycles. The van der Waals surface area contributed by atoms with E-state index in [0.29, 0.717) is 25.1 Å². The monoisotopic (exact) mass is 381 g/mol. The first-order valence-electron chi connectivity index (χ1n) is 9.95. The molecule has 148 valence electrons. The summed E-state index contributed by atoms with van der Waals surface area (Å²) in [6.45, 7) is 3.21. The van der Waals surface area contributed by atoms with Crippen LogP contribution >= 0.6 is 0 Å². The molecule has 1 amide bonds.